The molecule has 0 rings (SSSR count). The lowest BCUT2D eigenvalue weighted by molar-refractivity contribution is -0.123. The lowest BCUT2D eigenvalue weighted by atomic mass is 9.93. The fourth-order valence-electron chi connectivity index (χ4n) is 1.02. The summed E-state index contributed by atoms with van der Waals surface area (Å²) in [5.41, 5.74) is 0. The first-order valence-corrected chi connectivity index (χ1v) is 4.58. The summed E-state index contributed by atoms with van der Waals surface area (Å²) >= 11 is 0. The summed E-state index contributed by atoms with van der Waals surface area (Å²) in [5.74, 6) is 0.648. The summed E-state index contributed by atoms with van der Waals surface area (Å²) in [6, 6.07) is 0. The van der Waals surface area contributed by atoms with E-state index in [4.69, 9.17) is 0 Å². The van der Waals surface area contributed by atoms with Gasteiger partial charge in [-0.25, -0.2) is 0 Å². The molecular formula is C10H18O2. The summed E-state index contributed by atoms with van der Waals surface area (Å²) in [6.45, 7) is 5.89. The maximum atomic E-state index is 11.3. The largest absolute Gasteiger partial charge is 0.303 e. The number of hydrogen-bond donors (Lipinski definition) is 0. The lowest BCUT2D eigenvalue weighted by Gasteiger charge is -2.10. The molecule has 0 aliphatic heterocycles. The van der Waals surface area contributed by atoms with Gasteiger partial charge in [-0.05, 0) is 12.3 Å². The molecule has 12 heavy (non-hydrogen) atoms. The van der Waals surface area contributed by atoms with Crippen LogP contribution >= 0.6 is 0 Å². The molecule has 0 aliphatic carbocycles. The molecular weight excluding hydrogens is 152 g/mol. The molecule has 0 fully saturated rings. The highest BCUT2D eigenvalue weighted by Gasteiger charge is 2.13. The minimum atomic E-state index is 0.152. The highest BCUT2D eigenvalue weighted by molar-refractivity contribution is 5.81. The zero-order valence-corrected chi connectivity index (χ0v) is 8.17. The number of hydrogen-bond acceptors (Lipinski definition) is 2. The Morgan fingerprint density at radius 1 is 1.42 bits per heavy atom. The Hall–Kier alpha value is -0.660. The van der Waals surface area contributed by atoms with Crippen molar-refractivity contribution in [1.29, 1.82) is 0 Å². The smallest absolute Gasteiger partial charge is 0.135 e. The second-order valence-electron chi connectivity index (χ2n) is 3.49. The van der Waals surface area contributed by atoms with Gasteiger partial charge in [0.05, 0.1) is 0 Å². The Balaban J connectivity index is 3.75. The van der Waals surface area contributed by atoms with Crippen molar-refractivity contribution in [3.8, 4) is 0 Å². The van der Waals surface area contributed by atoms with Gasteiger partial charge in [-0.3, -0.25) is 4.79 Å². The molecule has 70 valence electrons. The van der Waals surface area contributed by atoms with Crippen molar-refractivity contribution in [2.24, 2.45) is 11.8 Å². The van der Waals surface area contributed by atoms with Gasteiger partial charge >= 0.3 is 0 Å². The van der Waals surface area contributed by atoms with Crippen LogP contribution in [0.4, 0.5) is 0 Å². The van der Waals surface area contributed by atoms with Gasteiger partial charge in [-0.1, -0.05) is 20.8 Å². The Kier molecular flexibility index (Phi) is 5.60. The number of ketones is 1. The van der Waals surface area contributed by atoms with E-state index in [0.29, 0.717) is 12.8 Å². The number of carbonyl (C=O) groups is 2. The lowest BCUT2D eigenvalue weighted by Crippen LogP contribution is -2.13. The van der Waals surface area contributed by atoms with E-state index >= 15 is 0 Å². The minimum absolute atomic E-state index is 0.152. The first-order chi connectivity index (χ1) is 5.61. The number of aldehydes is 1. The number of rotatable bonds is 6. The average Bonchev–Trinajstić information content (AvgIpc) is 2.03. The van der Waals surface area contributed by atoms with Crippen LogP contribution in [0.5, 0.6) is 0 Å². The van der Waals surface area contributed by atoms with E-state index in [2.05, 4.69) is 0 Å². The fraction of sp³-hybridized carbons (Fsp3) is 0.800. The Morgan fingerprint density at radius 3 is 2.42 bits per heavy atom. The second-order valence-corrected chi connectivity index (χ2v) is 3.49. The Bertz CT molecular complexity index is 152. The van der Waals surface area contributed by atoms with Crippen LogP contribution in [0.1, 0.15) is 40.0 Å². The molecule has 0 N–H and O–H groups in total. The third kappa shape index (κ3) is 4.27. The predicted octanol–water partition coefficient (Wildman–Crippen LogP) is 2.22. The molecule has 0 saturated heterocycles. The summed E-state index contributed by atoms with van der Waals surface area (Å²) in [6.07, 6.45) is 2.83. The summed E-state index contributed by atoms with van der Waals surface area (Å²) in [7, 11) is 0. The van der Waals surface area contributed by atoms with Crippen molar-refractivity contribution in [3.05, 3.63) is 0 Å². The van der Waals surface area contributed by atoms with E-state index in [-0.39, 0.29) is 17.6 Å². The third-order valence-electron chi connectivity index (χ3n) is 2.21. The van der Waals surface area contributed by atoms with Crippen LogP contribution in [0.2, 0.25) is 0 Å². The van der Waals surface area contributed by atoms with Crippen LogP contribution in [0.3, 0.4) is 0 Å². The van der Waals surface area contributed by atoms with Gasteiger partial charge in [0.2, 0.25) is 0 Å². The summed E-state index contributed by atoms with van der Waals surface area (Å²) < 4.78 is 0. The van der Waals surface area contributed by atoms with Crippen molar-refractivity contribution in [3.63, 3.8) is 0 Å². The first-order valence-electron chi connectivity index (χ1n) is 4.58. The molecule has 2 nitrogen and oxygen atoms in total. The van der Waals surface area contributed by atoms with Crippen LogP contribution < -0.4 is 0 Å². The summed E-state index contributed by atoms with van der Waals surface area (Å²) in [4.78, 5) is 21.5. The van der Waals surface area contributed by atoms with E-state index < -0.39 is 0 Å². The number of carbonyl (C=O) groups excluding carboxylic acids is 2. The van der Waals surface area contributed by atoms with Gasteiger partial charge < -0.3 is 4.79 Å². The molecule has 2 unspecified atom stereocenters. The van der Waals surface area contributed by atoms with Gasteiger partial charge in [-0.2, -0.15) is 0 Å². The minimum Gasteiger partial charge on any atom is -0.303 e. The van der Waals surface area contributed by atoms with Gasteiger partial charge in [0, 0.05) is 18.8 Å². The van der Waals surface area contributed by atoms with E-state index in [0.717, 1.165) is 12.7 Å². The average molecular weight is 170 g/mol. The topological polar surface area (TPSA) is 34.1 Å². The second kappa shape index (κ2) is 5.92. The quantitative estimate of drug-likeness (QED) is 0.573. The first kappa shape index (κ1) is 11.3. The standard InChI is InChI=1S/C10H18O2/c1-4-9(3)10(12)7-8(2)5-6-11/h6,8-9H,4-5,7H2,1-3H3. The maximum absolute atomic E-state index is 11.3. The van der Waals surface area contributed by atoms with E-state index in [1.807, 2.05) is 20.8 Å². The molecule has 2 heteroatoms. The molecule has 0 aromatic heterocycles. The molecule has 0 saturated carbocycles. The van der Waals surface area contributed by atoms with E-state index in [9.17, 15) is 9.59 Å². The van der Waals surface area contributed by atoms with Crippen molar-refractivity contribution in [1.82, 2.24) is 0 Å². The molecule has 0 aliphatic rings. The van der Waals surface area contributed by atoms with E-state index in [1.54, 1.807) is 0 Å². The molecule has 0 amide bonds. The summed E-state index contributed by atoms with van der Waals surface area (Å²) in [5, 5.41) is 0. The predicted molar refractivity (Wildman–Crippen MR) is 48.9 cm³/mol. The van der Waals surface area contributed by atoms with Gasteiger partial charge in [0.1, 0.15) is 12.1 Å². The zero-order valence-electron chi connectivity index (χ0n) is 8.17. The molecule has 0 heterocycles. The van der Waals surface area contributed by atoms with Gasteiger partial charge in [0.15, 0.2) is 0 Å². The monoisotopic (exact) mass is 170 g/mol. The molecule has 0 aromatic rings. The molecule has 0 bridgehead atoms. The normalized spacial score (nSPS) is 15.2. The fourth-order valence-corrected chi connectivity index (χ4v) is 1.02. The zero-order chi connectivity index (χ0) is 9.56. The van der Waals surface area contributed by atoms with Gasteiger partial charge in [-0.15, -0.1) is 0 Å². The maximum Gasteiger partial charge on any atom is 0.135 e. The highest BCUT2D eigenvalue weighted by Crippen LogP contribution is 2.12. The molecule has 2 atom stereocenters. The van der Waals surface area contributed by atoms with Crippen molar-refractivity contribution < 1.29 is 9.59 Å². The van der Waals surface area contributed by atoms with Crippen LogP contribution in [0.25, 0.3) is 0 Å². The van der Waals surface area contributed by atoms with Crippen molar-refractivity contribution in [2.45, 2.75) is 40.0 Å². The van der Waals surface area contributed by atoms with Crippen LogP contribution in [0.15, 0.2) is 0 Å². The molecule has 0 aromatic carbocycles. The number of Topliss-reactive ketones (excluding diaryl/α,β-unsaturated/α-hetero) is 1. The van der Waals surface area contributed by atoms with Crippen molar-refractivity contribution >= 4 is 12.1 Å². The van der Waals surface area contributed by atoms with Gasteiger partial charge in [0.25, 0.3) is 0 Å². The molecule has 0 radical (unpaired) electrons. The van der Waals surface area contributed by atoms with Crippen LogP contribution in [0, 0.1) is 11.8 Å². The Morgan fingerprint density at radius 2 is 2.00 bits per heavy atom. The molecule has 0 spiro atoms. The third-order valence-corrected chi connectivity index (χ3v) is 2.21. The van der Waals surface area contributed by atoms with Crippen LogP contribution in [-0.2, 0) is 9.59 Å². The Labute approximate surface area is 74.3 Å². The van der Waals surface area contributed by atoms with Crippen LogP contribution in [-0.4, -0.2) is 12.1 Å². The SMILES string of the molecule is CCC(C)C(=O)CC(C)CC=O. The van der Waals surface area contributed by atoms with E-state index in [1.165, 1.54) is 0 Å². The highest BCUT2D eigenvalue weighted by atomic mass is 16.1. The van der Waals surface area contributed by atoms with Crippen molar-refractivity contribution in [2.75, 3.05) is 0 Å².